The molecular formula is C28H18F4. The van der Waals surface area contributed by atoms with Crippen LogP contribution in [0.1, 0.15) is 23.6 Å². The number of halogens is 4. The number of hydrogen-bond donors (Lipinski definition) is 0. The normalized spacial score (nSPS) is 11.9. The van der Waals surface area contributed by atoms with Gasteiger partial charge in [-0.2, -0.15) is 0 Å². The van der Waals surface area contributed by atoms with E-state index in [0.717, 1.165) is 51.4 Å². The summed E-state index contributed by atoms with van der Waals surface area (Å²) in [5.74, 6) is -3.93. The molecule has 0 saturated carbocycles. The molecule has 0 aromatic heterocycles. The van der Waals surface area contributed by atoms with Crippen LogP contribution in [0, 0.1) is 23.3 Å². The predicted molar refractivity (Wildman–Crippen MR) is 120 cm³/mol. The molecule has 0 unspecified atom stereocenters. The van der Waals surface area contributed by atoms with Gasteiger partial charge in [0, 0.05) is 5.41 Å². The lowest BCUT2D eigenvalue weighted by Crippen LogP contribution is -2.26. The molecule has 5 aromatic carbocycles. The second kappa shape index (κ2) is 7.49. The van der Waals surface area contributed by atoms with Crippen molar-refractivity contribution in [3.8, 4) is 0 Å². The number of benzene rings is 5. The van der Waals surface area contributed by atoms with Crippen molar-refractivity contribution >= 4 is 21.5 Å². The van der Waals surface area contributed by atoms with Crippen molar-refractivity contribution in [3.63, 3.8) is 0 Å². The van der Waals surface area contributed by atoms with Crippen LogP contribution in [0.4, 0.5) is 17.6 Å². The SMILES string of the molecule is CC(c1ccc(F)c(F)c1)(c1ccc(F)c(F)c1)c1cc2ccccc2c2ccccc12. The molecule has 4 heteroatoms. The van der Waals surface area contributed by atoms with E-state index in [9.17, 15) is 17.6 Å². The first-order valence-corrected chi connectivity index (χ1v) is 10.2. The second-order valence-electron chi connectivity index (χ2n) is 8.07. The van der Waals surface area contributed by atoms with Gasteiger partial charge in [-0.05, 0) is 75.5 Å². The Morgan fingerprint density at radius 1 is 0.500 bits per heavy atom. The van der Waals surface area contributed by atoms with Crippen molar-refractivity contribution in [1.29, 1.82) is 0 Å². The third-order valence-electron chi connectivity index (χ3n) is 6.30. The highest BCUT2D eigenvalue weighted by Crippen LogP contribution is 2.44. The van der Waals surface area contributed by atoms with Crippen LogP contribution in [0.15, 0.2) is 91.0 Å². The molecule has 0 fully saturated rings. The molecule has 0 amide bonds. The molecule has 158 valence electrons. The van der Waals surface area contributed by atoms with Crippen molar-refractivity contribution < 1.29 is 17.6 Å². The zero-order chi connectivity index (χ0) is 22.5. The fourth-order valence-corrected chi connectivity index (χ4v) is 4.56. The van der Waals surface area contributed by atoms with Gasteiger partial charge in [0.25, 0.3) is 0 Å². The first-order valence-electron chi connectivity index (χ1n) is 10.2. The quantitative estimate of drug-likeness (QED) is 0.155. The highest BCUT2D eigenvalue weighted by atomic mass is 19.2. The Kier molecular flexibility index (Phi) is 4.74. The number of rotatable bonds is 3. The molecule has 0 aliphatic heterocycles. The van der Waals surface area contributed by atoms with Gasteiger partial charge in [-0.3, -0.25) is 0 Å². The predicted octanol–water partition coefficient (Wildman–Crippen LogP) is 7.90. The summed E-state index contributed by atoms with van der Waals surface area (Å²) in [7, 11) is 0. The Labute approximate surface area is 182 Å². The van der Waals surface area contributed by atoms with Gasteiger partial charge in [-0.15, -0.1) is 0 Å². The Bertz CT molecular complexity index is 1430. The third kappa shape index (κ3) is 3.06. The Morgan fingerprint density at radius 2 is 1.00 bits per heavy atom. The zero-order valence-electron chi connectivity index (χ0n) is 17.2. The molecule has 0 aliphatic rings. The topological polar surface area (TPSA) is 0 Å². The third-order valence-corrected chi connectivity index (χ3v) is 6.30. The Morgan fingerprint density at radius 3 is 1.56 bits per heavy atom. The van der Waals surface area contributed by atoms with Crippen molar-refractivity contribution in [2.45, 2.75) is 12.3 Å². The van der Waals surface area contributed by atoms with Gasteiger partial charge in [0.1, 0.15) is 0 Å². The Hall–Kier alpha value is -3.66. The van der Waals surface area contributed by atoms with E-state index in [-0.39, 0.29) is 0 Å². The maximum absolute atomic E-state index is 14.3. The number of hydrogen-bond acceptors (Lipinski definition) is 0. The van der Waals surface area contributed by atoms with Gasteiger partial charge in [0.2, 0.25) is 0 Å². The fourth-order valence-electron chi connectivity index (χ4n) is 4.56. The summed E-state index contributed by atoms with van der Waals surface area (Å²) in [5.41, 5.74) is 0.557. The highest BCUT2D eigenvalue weighted by Gasteiger charge is 2.34. The average molecular weight is 430 g/mol. The van der Waals surface area contributed by atoms with E-state index in [0.29, 0.717) is 11.1 Å². The van der Waals surface area contributed by atoms with E-state index >= 15 is 0 Å². The van der Waals surface area contributed by atoms with E-state index in [1.807, 2.05) is 61.5 Å². The standard InChI is InChI=1S/C28H18F4/c1-28(18-10-12-24(29)26(31)15-18,19-11-13-25(30)27(32)16-19)23-14-17-6-2-3-7-20(17)21-8-4-5-9-22(21)23/h2-16H,1H3. The molecule has 0 bridgehead atoms. The molecule has 0 saturated heterocycles. The van der Waals surface area contributed by atoms with Gasteiger partial charge in [-0.25, -0.2) is 17.6 Å². The van der Waals surface area contributed by atoms with E-state index in [2.05, 4.69) is 0 Å². The Balaban J connectivity index is 1.93. The molecule has 0 nitrogen and oxygen atoms in total. The lowest BCUT2D eigenvalue weighted by molar-refractivity contribution is 0.499. The maximum atomic E-state index is 14.3. The van der Waals surface area contributed by atoms with E-state index in [4.69, 9.17) is 0 Å². The molecule has 0 atom stereocenters. The average Bonchev–Trinajstić information content (AvgIpc) is 2.81. The molecule has 32 heavy (non-hydrogen) atoms. The highest BCUT2D eigenvalue weighted by molar-refractivity contribution is 6.09. The van der Waals surface area contributed by atoms with Gasteiger partial charge in [0.15, 0.2) is 23.3 Å². The second-order valence-corrected chi connectivity index (χ2v) is 8.07. The fraction of sp³-hybridized carbons (Fsp3) is 0.0714. The van der Waals surface area contributed by atoms with Gasteiger partial charge in [-0.1, -0.05) is 60.7 Å². The van der Waals surface area contributed by atoms with Crippen LogP contribution in [0.3, 0.4) is 0 Å². The lowest BCUT2D eigenvalue weighted by atomic mass is 9.69. The molecular weight excluding hydrogens is 412 g/mol. The molecule has 0 spiro atoms. The first-order chi connectivity index (χ1) is 15.4. The monoisotopic (exact) mass is 430 g/mol. The summed E-state index contributed by atoms with van der Waals surface area (Å²) < 4.78 is 56.3. The van der Waals surface area contributed by atoms with Crippen LogP contribution < -0.4 is 0 Å². The van der Waals surface area contributed by atoms with Crippen molar-refractivity contribution in [2.75, 3.05) is 0 Å². The van der Waals surface area contributed by atoms with Gasteiger partial charge in [0.05, 0.1) is 0 Å². The van der Waals surface area contributed by atoms with Crippen LogP contribution in [0.25, 0.3) is 21.5 Å². The van der Waals surface area contributed by atoms with Crippen LogP contribution in [0.2, 0.25) is 0 Å². The smallest absolute Gasteiger partial charge is 0.159 e. The minimum atomic E-state index is -1.09. The summed E-state index contributed by atoms with van der Waals surface area (Å²) in [5, 5.41) is 3.88. The molecule has 0 radical (unpaired) electrons. The summed E-state index contributed by atoms with van der Waals surface area (Å²) in [6.07, 6.45) is 0. The molecule has 5 aromatic rings. The minimum absolute atomic E-state index is 0.433. The van der Waals surface area contributed by atoms with Crippen LogP contribution in [-0.4, -0.2) is 0 Å². The molecule has 0 N–H and O–H groups in total. The largest absolute Gasteiger partial charge is 0.204 e. The summed E-state index contributed by atoms with van der Waals surface area (Å²) in [6, 6.07) is 25.0. The summed E-state index contributed by atoms with van der Waals surface area (Å²) >= 11 is 0. The van der Waals surface area contributed by atoms with Crippen molar-refractivity contribution in [3.05, 3.63) is 131 Å². The molecule has 5 rings (SSSR count). The lowest BCUT2D eigenvalue weighted by Gasteiger charge is -2.33. The van der Waals surface area contributed by atoms with Crippen LogP contribution in [-0.2, 0) is 5.41 Å². The molecule has 0 heterocycles. The van der Waals surface area contributed by atoms with E-state index < -0.39 is 28.7 Å². The summed E-state index contributed by atoms with van der Waals surface area (Å²) in [4.78, 5) is 0. The number of fused-ring (bicyclic) bond motifs is 3. The van der Waals surface area contributed by atoms with Crippen molar-refractivity contribution in [1.82, 2.24) is 0 Å². The molecule has 0 aliphatic carbocycles. The van der Waals surface area contributed by atoms with E-state index in [1.54, 1.807) is 0 Å². The van der Waals surface area contributed by atoms with Gasteiger partial charge < -0.3 is 0 Å². The zero-order valence-corrected chi connectivity index (χ0v) is 17.2. The van der Waals surface area contributed by atoms with Crippen LogP contribution >= 0.6 is 0 Å². The first kappa shape index (κ1) is 20.3. The van der Waals surface area contributed by atoms with Crippen molar-refractivity contribution in [2.24, 2.45) is 0 Å². The van der Waals surface area contributed by atoms with Gasteiger partial charge >= 0.3 is 0 Å². The van der Waals surface area contributed by atoms with E-state index in [1.165, 1.54) is 12.1 Å². The van der Waals surface area contributed by atoms with Crippen LogP contribution in [0.5, 0.6) is 0 Å². The maximum Gasteiger partial charge on any atom is 0.159 e. The minimum Gasteiger partial charge on any atom is -0.204 e. The summed E-state index contributed by atoms with van der Waals surface area (Å²) in [6.45, 7) is 1.82.